The van der Waals surface area contributed by atoms with Gasteiger partial charge in [-0.25, -0.2) is 0 Å². The van der Waals surface area contributed by atoms with Crippen LogP contribution in [-0.2, 0) is 4.74 Å². The van der Waals surface area contributed by atoms with E-state index in [0.29, 0.717) is 6.61 Å². The first-order valence-electron chi connectivity index (χ1n) is 7.95. The van der Waals surface area contributed by atoms with E-state index in [2.05, 4.69) is 4.90 Å². The molecule has 1 N–H and O–H groups in total. The zero-order valence-corrected chi connectivity index (χ0v) is 13.8. The lowest BCUT2D eigenvalue weighted by Gasteiger charge is -2.56. The monoisotopic (exact) mass is 325 g/mol. The molecule has 0 amide bonds. The van der Waals surface area contributed by atoms with Crippen LogP contribution in [0.25, 0.3) is 0 Å². The highest BCUT2D eigenvalue weighted by Gasteiger charge is 2.55. The second-order valence-electron chi connectivity index (χ2n) is 6.35. The molecule has 0 radical (unpaired) electrons. The number of halogens is 1. The molecule has 2 atom stereocenters. The van der Waals surface area contributed by atoms with Crippen LogP contribution in [0.2, 0.25) is 5.02 Å². The summed E-state index contributed by atoms with van der Waals surface area (Å²) in [5.41, 5.74) is 0.00227. The SMILES string of the molecule is CO[C@H]1C[C@@H](O)C12CCN(CCOc1ccc(Cl)cc1)CC2. The highest BCUT2D eigenvalue weighted by molar-refractivity contribution is 6.30. The highest BCUT2D eigenvalue weighted by atomic mass is 35.5. The second-order valence-corrected chi connectivity index (χ2v) is 6.79. The first-order valence-corrected chi connectivity index (χ1v) is 8.33. The first-order chi connectivity index (χ1) is 10.6. The minimum Gasteiger partial charge on any atom is -0.492 e. The molecule has 1 aliphatic carbocycles. The molecule has 0 bridgehead atoms. The summed E-state index contributed by atoms with van der Waals surface area (Å²) in [6.07, 6.45) is 2.84. The van der Waals surface area contributed by atoms with Crippen LogP contribution in [-0.4, -0.2) is 55.6 Å². The van der Waals surface area contributed by atoms with Crippen LogP contribution in [0.4, 0.5) is 0 Å². The lowest BCUT2D eigenvalue weighted by Crippen LogP contribution is -2.62. The van der Waals surface area contributed by atoms with Gasteiger partial charge in [-0.2, -0.15) is 0 Å². The van der Waals surface area contributed by atoms with Crippen LogP contribution >= 0.6 is 11.6 Å². The predicted molar refractivity (Wildman–Crippen MR) is 86.5 cm³/mol. The van der Waals surface area contributed by atoms with E-state index in [9.17, 15) is 5.11 Å². The molecule has 4 nitrogen and oxygen atoms in total. The molecule has 1 saturated heterocycles. The zero-order chi connectivity index (χ0) is 15.6. The summed E-state index contributed by atoms with van der Waals surface area (Å²) in [4.78, 5) is 2.40. The Hall–Kier alpha value is -0.810. The quantitative estimate of drug-likeness (QED) is 0.903. The molecule has 1 spiro atoms. The molecule has 1 saturated carbocycles. The fourth-order valence-corrected chi connectivity index (χ4v) is 3.85. The molecule has 1 aromatic carbocycles. The fraction of sp³-hybridized carbons (Fsp3) is 0.647. The Kier molecular flexibility index (Phi) is 4.93. The van der Waals surface area contributed by atoms with Crippen molar-refractivity contribution in [1.29, 1.82) is 0 Å². The maximum Gasteiger partial charge on any atom is 0.119 e. The van der Waals surface area contributed by atoms with Crippen molar-refractivity contribution in [2.45, 2.75) is 31.5 Å². The third kappa shape index (κ3) is 3.11. The summed E-state index contributed by atoms with van der Waals surface area (Å²) >= 11 is 5.85. The van der Waals surface area contributed by atoms with Crippen molar-refractivity contribution in [2.75, 3.05) is 33.4 Å². The number of piperidine rings is 1. The van der Waals surface area contributed by atoms with E-state index in [-0.39, 0.29) is 17.6 Å². The lowest BCUT2D eigenvalue weighted by atomic mass is 9.58. The van der Waals surface area contributed by atoms with Crippen LogP contribution < -0.4 is 4.74 Å². The Morgan fingerprint density at radius 3 is 2.55 bits per heavy atom. The molecule has 22 heavy (non-hydrogen) atoms. The van der Waals surface area contributed by atoms with Crippen LogP contribution in [0.5, 0.6) is 5.75 Å². The van der Waals surface area contributed by atoms with E-state index in [1.54, 1.807) is 7.11 Å². The van der Waals surface area contributed by atoms with E-state index < -0.39 is 0 Å². The van der Waals surface area contributed by atoms with Gasteiger partial charge in [-0.1, -0.05) is 11.6 Å². The average molecular weight is 326 g/mol. The van der Waals surface area contributed by atoms with E-state index in [4.69, 9.17) is 21.1 Å². The standard InChI is InChI=1S/C17H24ClNO3/c1-21-16-12-15(20)17(16)6-8-19(9-7-17)10-11-22-14-4-2-13(18)3-5-14/h2-5,15-16,20H,6-12H2,1H3/t15-,16+/m1/s1. The van der Waals surface area contributed by atoms with Crippen LogP contribution in [0.1, 0.15) is 19.3 Å². The third-order valence-electron chi connectivity index (χ3n) is 5.30. The lowest BCUT2D eigenvalue weighted by molar-refractivity contribution is -0.201. The maximum absolute atomic E-state index is 10.1. The summed E-state index contributed by atoms with van der Waals surface area (Å²) in [7, 11) is 1.75. The number of methoxy groups -OCH3 is 1. The summed E-state index contributed by atoms with van der Waals surface area (Å²) < 4.78 is 11.3. The van der Waals surface area contributed by atoms with Gasteiger partial charge < -0.3 is 14.6 Å². The molecule has 0 unspecified atom stereocenters. The molecule has 1 heterocycles. The van der Waals surface area contributed by atoms with Crippen LogP contribution in [0.15, 0.2) is 24.3 Å². The number of rotatable bonds is 5. The number of hydrogen-bond donors (Lipinski definition) is 1. The van der Waals surface area contributed by atoms with Gasteiger partial charge in [0.15, 0.2) is 0 Å². The Morgan fingerprint density at radius 2 is 1.95 bits per heavy atom. The average Bonchev–Trinajstić information content (AvgIpc) is 2.55. The molecule has 1 aromatic rings. The number of aliphatic hydroxyl groups is 1. The smallest absolute Gasteiger partial charge is 0.119 e. The van der Waals surface area contributed by atoms with Crippen LogP contribution in [0, 0.1) is 5.41 Å². The Bertz CT molecular complexity index is 485. The Balaban J connectivity index is 1.42. The summed E-state index contributed by atoms with van der Waals surface area (Å²) in [6, 6.07) is 7.46. The number of ether oxygens (including phenoxy) is 2. The Labute approximate surface area is 137 Å². The van der Waals surface area contributed by atoms with Crippen molar-refractivity contribution in [1.82, 2.24) is 4.90 Å². The van der Waals surface area contributed by atoms with Crippen molar-refractivity contribution < 1.29 is 14.6 Å². The van der Waals surface area contributed by atoms with Gasteiger partial charge >= 0.3 is 0 Å². The summed E-state index contributed by atoms with van der Waals surface area (Å²) in [5.74, 6) is 0.853. The zero-order valence-electron chi connectivity index (χ0n) is 13.0. The molecule has 2 aliphatic rings. The van der Waals surface area contributed by atoms with Gasteiger partial charge in [0, 0.05) is 30.5 Å². The van der Waals surface area contributed by atoms with Gasteiger partial charge in [-0.05, 0) is 50.2 Å². The largest absolute Gasteiger partial charge is 0.492 e. The number of benzene rings is 1. The van der Waals surface area contributed by atoms with Gasteiger partial charge in [0.1, 0.15) is 12.4 Å². The topological polar surface area (TPSA) is 41.9 Å². The van der Waals surface area contributed by atoms with E-state index in [1.807, 2.05) is 24.3 Å². The van der Waals surface area contributed by atoms with Crippen LogP contribution in [0.3, 0.4) is 0 Å². The highest BCUT2D eigenvalue weighted by Crippen LogP contribution is 2.50. The molecule has 1 aliphatic heterocycles. The normalized spacial score (nSPS) is 27.6. The molecule has 3 rings (SSSR count). The number of aliphatic hydroxyl groups excluding tert-OH is 1. The van der Waals surface area contributed by atoms with E-state index in [1.165, 1.54) is 0 Å². The van der Waals surface area contributed by atoms with Crippen molar-refractivity contribution in [3.63, 3.8) is 0 Å². The predicted octanol–water partition coefficient (Wildman–Crippen LogP) is 2.58. The van der Waals surface area contributed by atoms with Gasteiger partial charge in [0.25, 0.3) is 0 Å². The minimum absolute atomic E-state index is 0.00227. The van der Waals surface area contributed by atoms with Crippen molar-refractivity contribution in [3.8, 4) is 5.75 Å². The Morgan fingerprint density at radius 1 is 1.27 bits per heavy atom. The summed E-state index contributed by atoms with van der Waals surface area (Å²) in [5, 5.41) is 10.8. The molecule has 2 fully saturated rings. The second kappa shape index (κ2) is 6.75. The maximum atomic E-state index is 10.1. The first kappa shape index (κ1) is 16.1. The number of nitrogens with zero attached hydrogens (tertiary/aromatic N) is 1. The molecule has 0 aromatic heterocycles. The van der Waals surface area contributed by atoms with Gasteiger partial charge in [-0.3, -0.25) is 4.90 Å². The molecular formula is C17H24ClNO3. The van der Waals surface area contributed by atoms with Crippen molar-refractivity contribution in [2.24, 2.45) is 5.41 Å². The van der Waals surface area contributed by atoms with Crippen molar-refractivity contribution in [3.05, 3.63) is 29.3 Å². The summed E-state index contributed by atoms with van der Waals surface area (Å²) in [6.45, 7) is 3.58. The van der Waals surface area contributed by atoms with E-state index >= 15 is 0 Å². The molecular weight excluding hydrogens is 302 g/mol. The molecule has 5 heteroatoms. The van der Waals surface area contributed by atoms with Gasteiger partial charge in [0.2, 0.25) is 0 Å². The fourth-order valence-electron chi connectivity index (χ4n) is 3.73. The molecule has 122 valence electrons. The van der Waals surface area contributed by atoms with Crippen molar-refractivity contribution >= 4 is 11.6 Å². The third-order valence-corrected chi connectivity index (χ3v) is 5.56. The number of hydrogen-bond acceptors (Lipinski definition) is 4. The number of likely N-dealkylation sites (tertiary alicyclic amines) is 1. The van der Waals surface area contributed by atoms with Gasteiger partial charge in [-0.15, -0.1) is 0 Å². The minimum atomic E-state index is -0.190. The van der Waals surface area contributed by atoms with E-state index in [0.717, 1.165) is 49.7 Å². The van der Waals surface area contributed by atoms with Gasteiger partial charge in [0.05, 0.1) is 12.2 Å².